The second-order valence-corrected chi connectivity index (χ2v) is 8.44. The minimum atomic E-state index is -0.977. The van der Waals surface area contributed by atoms with Crippen LogP contribution in [0.1, 0.15) is 130 Å². The molecule has 0 saturated heterocycles. The van der Waals surface area contributed by atoms with Crippen LogP contribution in [-0.2, 0) is 0 Å². The van der Waals surface area contributed by atoms with E-state index in [0.29, 0.717) is 12.1 Å². The Morgan fingerprint density at radius 2 is 1.00 bits per heavy atom. The fourth-order valence-corrected chi connectivity index (χ4v) is 3.74. The number of unbranched alkanes of at least 4 members (excludes halogenated alkanes) is 15. The maximum absolute atomic E-state index is 12.0. The third-order valence-electron chi connectivity index (χ3n) is 5.71. The van der Waals surface area contributed by atoms with E-state index in [1.807, 2.05) is 0 Å². The molecule has 31 heavy (non-hydrogen) atoms. The summed E-state index contributed by atoms with van der Waals surface area (Å²) in [6, 6.07) is 6.05. The fourth-order valence-electron chi connectivity index (χ4n) is 3.74. The molecule has 2 N–H and O–H groups in total. The van der Waals surface area contributed by atoms with Crippen LogP contribution in [0.3, 0.4) is 0 Å². The van der Waals surface area contributed by atoms with Crippen molar-refractivity contribution in [1.82, 2.24) is 5.32 Å². The molecule has 0 aliphatic rings. The zero-order valence-electron chi connectivity index (χ0n) is 19.1. The van der Waals surface area contributed by atoms with Crippen LogP contribution >= 0.6 is 0 Å². The van der Waals surface area contributed by atoms with Gasteiger partial charge in [-0.25, -0.2) is 4.79 Å². The third-order valence-corrected chi connectivity index (χ3v) is 5.71. The zero-order valence-corrected chi connectivity index (χ0v) is 19.1. The van der Waals surface area contributed by atoms with Gasteiger partial charge >= 0.3 is 35.5 Å². The molecule has 1 aromatic rings. The molecule has 0 fully saturated rings. The first-order valence-corrected chi connectivity index (χ1v) is 12.3. The predicted molar refractivity (Wildman–Crippen MR) is 132 cm³/mol. The number of benzene rings is 1. The van der Waals surface area contributed by atoms with Crippen molar-refractivity contribution in [3.8, 4) is 0 Å². The summed E-state index contributed by atoms with van der Waals surface area (Å²) in [7, 11) is 0. The molecule has 4 nitrogen and oxygen atoms in total. The molecule has 0 bridgehead atoms. The second-order valence-electron chi connectivity index (χ2n) is 8.44. The van der Waals surface area contributed by atoms with Crippen LogP contribution in [0.15, 0.2) is 24.3 Å². The first kappa shape index (κ1) is 30.2. The Morgan fingerprint density at radius 1 is 0.645 bits per heavy atom. The Kier molecular flexibility index (Phi) is 20.5. The molecule has 1 rings (SSSR count). The van der Waals surface area contributed by atoms with Gasteiger partial charge in [0.2, 0.25) is 0 Å². The Labute approximate surface area is 212 Å². The standard InChI is InChI=1S/C26H43NO3.Na.H/c1-2-3-4-5-6-7-8-9-10-11-12-13-14-15-16-17-22-27-25(28)23-18-20-24(21-19-23)26(29)30;;/h18-21H,2-17,22H2,1H3,(H,27,28)(H,29,30);;. The third kappa shape index (κ3) is 16.5. The quantitative estimate of drug-likeness (QED) is 0.185. The van der Waals surface area contributed by atoms with Crippen LogP contribution in [0, 0.1) is 0 Å². The summed E-state index contributed by atoms with van der Waals surface area (Å²) in [4.78, 5) is 22.9. The summed E-state index contributed by atoms with van der Waals surface area (Å²) in [5.74, 6) is -1.11. The summed E-state index contributed by atoms with van der Waals surface area (Å²) in [6.45, 7) is 2.95. The first-order chi connectivity index (χ1) is 14.6. The van der Waals surface area contributed by atoms with E-state index < -0.39 is 5.97 Å². The predicted octanol–water partition coefficient (Wildman–Crippen LogP) is 6.73. The molecule has 0 unspecified atom stereocenters. The molecule has 1 aromatic carbocycles. The normalized spacial score (nSPS) is 10.5. The summed E-state index contributed by atoms with van der Waals surface area (Å²) < 4.78 is 0. The number of rotatable bonds is 19. The van der Waals surface area contributed by atoms with E-state index in [9.17, 15) is 9.59 Å². The van der Waals surface area contributed by atoms with Crippen molar-refractivity contribution in [2.24, 2.45) is 0 Å². The number of carboxylic acids is 1. The Hall–Kier alpha value is -0.840. The summed E-state index contributed by atoms with van der Waals surface area (Å²) >= 11 is 0. The van der Waals surface area contributed by atoms with Gasteiger partial charge in [-0.05, 0) is 30.7 Å². The van der Waals surface area contributed by atoms with Crippen LogP contribution in [0.5, 0.6) is 0 Å². The van der Waals surface area contributed by atoms with E-state index >= 15 is 0 Å². The summed E-state index contributed by atoms with van der Waals surface area (Å²) in [5, 5.41) is 11.8. The molecule has 1 amide bonds. The van der Waals surface area contributed by atoms with Gasteiger partial charge in [-0.1, -0.05) is 103 Å². The van der Waals surface area contributed by atoms with Gasteiger partial charge in [0.25, 0.3) is 5.91 Å². The van der Waals surface area contributed by atoms with Crippen LogP contribution in [0.4, 0.5) is 0 Å². The Balaban J connectivity index is 0.00000900. The van der Waals surface area contributed by atoms with E-state index in [1.54, 1.807) is 12.1 Å². The number of amides is 1. The molecule has 0 aliphatic carbocycles. The summed E-state index contributed by atoms with van der Waals surface area (Å²) in [5.41, 5.74) is 0.709. The second kappa shape index (κ2) is 21.0. The van der Waals surface area contributed by atoms with Crippen LogP contribution < -0.4 is 5.32 Å². The van der Waals surface area contributed by atoms with Gasteiger partial charge in [0.1, 0.15) is 0 Å². The van der Waals surface area contributed by atoms with E-state index in [1.165, 1.54) is 102 Å². The average molecular weight is 442 g/mol. The molecule has 0 atom stereocenters. The van der Waals surface area contributed by atoms with Gasteiger partial charge < -0.3 is 10.4 Å². The molecule has 5 heteroatoms. The molecule has 0 spiro atoms. The van der Waals surface area contributed by atoms with Gasteiger partial charge in [-0.3, -0.25) is 4.79 Å². The van der Waals surface area contributed by atoms with Gasteiger partial charge in [0.05, 0.1) is 5.56 Å². The van der Waals surface area contributed by atoms with Gasteiger partial charge in [0, 0.05) is 12.1 Å². The van der Waals surface area contributed by atoms with Crippen molar-refractivity contribution in [2.75, 3.05) is 6.54 Å². The van der Waals surface area contributed by atoms with Crippen LogP contribution in [0.25, 0.3) is 0 Å². The molecule has 0 aliphatic heterocycles. The minimum absolute atomic E-state index is 0. The van der Waals surface area contributed by atoms with Gasteiger partial charge in [-0.2, -0.15) is 0 Å². The number of carboxylic acid groups (broad SMARTS) is 1. The van der Waals surface area contributed by atoms with Crippen molar-refractivity contribution in [1.29, 1.82) is 0 Å². The first-order valence-electron chi connectivity index (χ1n) is 12.3. The average Bonchev–Trinajstić information content (AvgIpc) is 2.75. The van der Waals surface area contributed by atoms with E-state index in [-0.39, 0.29) is 41.0 Å². The Morgan fingerprint density at radius 3 is 1.39 bits per heavy atom. The summed E-state index contributed by atoms with van der Waals surface area (Å²) in [6.07, 6.45) is 21.4. The molecular weight excluding hydrogens is 397 g/mol. The van der Waals surface area contributed by atoms with Crippen molar-refractivity contribution < 1.29 is 14.7 Å². The Bertz CT molecular complexity index is 575. The molecule has 0 aromatic heterocycles. The SMILES string of the molecule is CCCCCCCCCCCCCCCCCCNC(=O)c1ccc(C(=O)O)cc1.[NaH]. The van der Waals surface area contributed by atoms with Gasteiger partial charge in [0.15, 0.2) is 0 Å². The molecule has 172 valence electrons. The zero-order chi connectivity index (χ0) is 21.9. The van der Waals surface area contributed by atoms with Crippen molar-refractivity contribution in [3.05, 3.63) is 35.4 Å². The van der Waals surface area contributed by atoms with Crippen molar-refractivity contribution >= 4 is 41.4 Å². The van der Waals surface area contributed by atoms with Gasteiger partial charge in [-0.15, -0.1) is 0 Å². The molecule has 0 heterocycles. The van der Waals surface area contributed by atoms with Crippen molar-refractivity contribution in [3.63, 3.8) is 0 Å². The van der Waals surface area contributed by atoms with Crippen molar-refractivity contribution in [2.45, 2.75) is 110 Å². The van der Waals surface area contributed by atoms with E-state index in [0.717, 1.165) is 12.8 Å². The van der Waals surface area contributed by atoms with E-state index in [4.69, 9.17) is 5.11 Å². The van der Waals surface area contributed by atoms with Crippen LogP contribution in [-0.4, -0.2) is 53.1 Å². The number of carbonyl (C=O) groups is 2. The monoisotopic (exact) mass is 441 g/mol. The molecule has 0 radical (unpaired) electrons. The number of nitrogens with one attached hydrogen (secondary N) is 1. The van der Waals surface area contributed by atoms with Crippen LogP contribution in [0.2, 0.25) is 0 Å². The fraction of sp³-hybridized carbons (Fsp3) is 0.692. The number of hydrogen-bond acceptors (Lipinski definition) is 2. The topological polar surface area (TPSA) is 66.4 Å². The number of aromatic carboxylic acids is 1. The molecular formula is C26H44NNaO3. The van der Waals surface area contributed by atoms with E-state index in [2.05, 4.69) is 12.2 Å². The maximum atomic E-state index is 12.0. The number of carbonyl (C=O) groups excluding carboxylic acids is 1. The number of hydrogen-bond donors (Lipinski definition) is 2. The molecule has 0 saturated carbocycles.